The Labute approximate surface area is 142 Å². The number of hydrogen-bond acceptors (Lipinski definition) is 5. The Morgan fingerprint density at radius 3 is 2.46 bits per heavy atom. The van der Waals surface area contributed by atoms with Crippen molar-refractivity contribution in [1.82, 2.24) is 4.90 Å². The number of aliphatic hydroxyl groups is 1. The highest BCUT2D eigenvalue weighted by atomic mass is 32.2. The third-order valence-corrected chi connectivity index (χ3v) is 5.36. The topological polar surface area (TPSA) is 81.4 Å². The molecule has 0 radical (unpaired) electrons. The second-order valence-electron chi connectivity index (χ2n) is 5.44. The molecule has 0 aliphatic carbocycles. The minimum Gasteiger partial charge on any atom is -0.395 e. The summed E-state index contributed by atoms with van der Waals surface area (Å²) in [5.74, 6) is -0.0608. The summed E-state index contributed by atoms with van der Waals surface area (Å²) < 4.78 is 24.9. The predicted molar refractivity (Wildman–Crippen MR) is 92.0 cm³/mol. The first kappa shape index (κ1) is 18.1. The Kier molecular flexibility index (Phi) is 6.50. The van der Waals surface area contributed by atoms with Crippen molar-refractivity contribution in [3.8, 4) is 6.07 Å². The van der Waals surface area contributed by atoms with Crippen molar-refractivity contribution in [2.45, 2.75) is 11.4 Å². The van der Waals surface area contributed by atoms with Gasteiger partial charge in [0.25, 0.3) is 0 Å². The molecule has 0 spiro atoms. The van der Waals surface area contributed by atoms with E-state index in [4.69, 9.17) is 5.26 Å². The van der Waals surface area contributed by atoms with Gasteiger partial charge in [-0.1, -0.05) is 36.4 Å². The number of nitrogens with zero attached hydrogens (tertiary/aromatic N) is 2. The summed E-state index contributed by atoms with van der Waals surface area (Å²) in [5.41, 5.74) is 1.39. The van der Waals surface area contributed by atoms with Crippen LogP contribution in [0.1, 0.15) is 11.1 Å². The standard InChI is InChI=1S/C18H20N2O3S/c19-14-17-7-4-8-18(13-17)24(22,23)12-10-20(9-11-21)15-16-5-2-1-3-6-16/h1-8,13,21H,9-12,15H2. The molecule has 0 unspecified atom stereocenters. The summed E-state index contributed by atoms with van der Waals surface area (Å²) in [6.07, 6.45) is 0. The van der Waals surface area contributed by atoms with E-state index in [-0.39, 0.29) is 17.3 Å². The van der Waals surface area contributed by atoms with Gasteiger partial charge >= 0.3 is 0 Å². The van der Waals surface area contributed by atoms with Gasteiger partial charge in [0.15, 0.2) is 9.84 Å². The molecule has 0 bridgehead atoms. The number of aliphatic hydroxyl groups excluding tert-OH is 1. The summed E-state index contributed by atoms with van der Waals surface area (Å²) in [7, 11) is -3.47. The average molecular weight is 344 g/mol. The van der Waals surface area contributed by atoms with Crippen LogP contribution in [0.3, 0.4) is 0 Å². The first-order chi connectivity index (χ1) is 11.5. The lowest BCUT2D eigenvalue weighted by atomic mass is 10.2. The van der Waals surface area contributed by atoms with Crippen LogP contribution in [0.15, 0.2) is 59.5 Å². The third kappa shape index (κ3) is 5.17. The average Bonchev–Trinajstić information content (AvgIpc) is 2.61. The van der Waals surface area contributed by atoms with Crippen LogP contribution in [0, 0.1) is 11.3 Å². The van der Waals surface area contributed by atoms with Crippen molar-refractivity contribution in [2.75, 3.05) is 25.4 Å². The molecule has 0 aliphatic heterocycles. The highest BCUT2D eigenvalue weighted by Gasteiger charge is 2.17. The monoisotopic (exact) mass is 344 g/mol. The van der Waals surface area contributed by atoms with E-state index in [9.17, 15) is 13.5 Å². The molecule has 1 N–H and O–H groups in total. The van der Waals surface area contributed by atoms with Gasteiger partial charge < -0.3 is 5.11 Å². The SMILES string of the molecule is N#Cc1cccc(S(=O)(=O)CCN(CCO)Cc2ccccc2)c1. The van der Waals surface area contributed by atoms with E-state index in [0.29, 0.717) is 25.2 Å². The van der Waals surface area contributed by atoms with Crippen molar-refractivity contribution in [3.05, 3.63) is 65.7 Å². The van der Waals surface area contributed by atoms with Crippen LogP contribution < -0.4 is 0 Å². The van der Waals surface area contributed by atoms with E-state index in [0.717, 1.165) is 5.56 Å². The fourth-order valence-electron chi connectivity index (χ4n) is 2.38. The summed E-state index contributed by atoms with van der Waals surface area (Å²) in [5, 5.41) is 18.1. The molecule has 0 amide bonds. The van der Waals surface area contributed by atoms with Crippen LogP contribution in [0.4, 0.5) is 0 Å². The Bertz CT molecular complexity index is 799. The van der Waals surface area contributed by atoms with Crippen LogP contribution in [0.2, 0.25) is 0 Å². The normalized spacial score (nSPS) is 11.4. The van der Waals surface area contributed by atoms with Crippen LogP contribution in [0.5, 0.6) is 0 Å². The summed E-state index contributed by atoms with van der Waals surface area (Å²) in [4.78, 5) is 2.06. The van der Waals surface area contributed by atoms with Crippen molar-refractivity contribution in [1.29, 1.82) is 5.26 Å². The fraction of sp³-hybridized carbons (Fsp3) is 0.278. The molecule has 2 aromatic rings. The highest BCUT2D eigenvalue weighted by molar-refractivity contribution is 7.91. The lowest BCUT2D eigenvalue weighted by Crippen LogP contribution is -2.31. The van der Waals surface area contributed by atoms with Crippen LogP contribution in [-0.2, 0) is 16.4 Å². The zero-order valence-electron chi connectivity index (χ0n) is 13.3. The number of benzene rings is 2. The molecule has 0 aromatic heterocycles. The zero-order chi connectivity index (χ0) is 17.4. The third-order valence-electron chi connectivity index (χ3n) is 3.66. The zero-order valence-corrected chi connectivity index (χ0v) is 14.1. The molecule has 6 heteroatoms. The number of hydrogen-bond donors (Lipinski definition) is 1. The van der Waals surface area contributed by atoms with Gasteiger partial charge in [-0.2, -0.15) is 5.26 Å². The van der Waals surface area contributed by atoms with Crippen molar-refractivity contribution >= 4 is 9.84 Å². The Morgan fingerprint density at radius 2 is 1.79 bits per heavy atom. The van der Waals surface area contributed by atoms with Gasteiger partial charge in [0, 0.05) is 19.6 Å². The minimum atomic E-state index is -3.47. The maximum atomic E-state index is 12.5. The van der Waals surface area contributed by atoms with E-state index in [1.54, 1.807) is 12.1 Å². The fourth-order valence-corrected chi connectivity index (χ4v) is 3.71. The molecule has 0 aliphatic rings. The lowest BCUT2D eigenvalue weighted by molar-refractivity contribution is 0.197. The molecule has 2 aromatic carbocycles. The van der Waals surface area contributed by atoms with Crippen LogP contribution in [-0.4, -0.2) is 43.9 Å². The number of rotatable bonds is 8. The summed E-state index contributed by atoms with van der Waals surface area (Å²) in [6.45, 7) is 1.27. The molecular formula is C18H20N2O3S. The van der Waals surface area contributed by atoms with Gasteiger partial charge in [-0.15, -0.1) is 0 Å². The van der Waals surface area contributed by atoms with Crippen LogP contribution >= 0.6 is 0 Å². The van der Waals surface area contributed by atoms with Gasteiger partial charge in [0.1, 0.15) is 0 Å². The molecule has 0 atom stereocenters. The van der Waals surface area contributed by atoms with Gasteiger partial charge in [-0.3, -0.25) is 4.90 Å². The number of sulfone groups is 1. The van der Waals surface area contributed by atoms with Crippen molar-refractivity contribution in [3.63, 3.8) is 0 Å². The molecule has 0 saturated carbocycles. The van der Waals surface area contributed by atoms with Crippen molar-refractivity contribution in [2.24, 2.45) is 0 Å². The highest BCUT2D eigenvalue weighted by Crippen LogP contribution is 2.14. The predicted octanol–water partition coefficient (Wildman–Crippen LogP) is 1.83. The van der Waals surface area contributed by atoms with E-state index in [2.05, 4.69) is 0 Å². The minimum absolute atomic E-state index is 0.0310. The number of nitriles is 1. The van der Waals surface area contributed by atoms with E-state index in [1.165, 1.54) is 12.1 Å². The molecule has 0 heterocycles. The maximum Gasteiger partial charge on any atom is 0.179 e. The molecule has 24 heavy (non-hydrogen) atoms. The Hall–Kier alpha value is -2.20. The summed E-state index contributed by atoms with van der Waals surface area (Å²) in [6, 6.07) is 17.7. The van der Waals surface area contributed by atoms with Gasteiger partial charge in [-0.05, 0) is 23.8 Å². The first-order valence-corrected chi connectivity index (χ1v) is 9.30. The van der Waals surface area contributed by atoms with Gasteiger partial charge in [0.2, 0.25) is 0 Å². The second kappa shape index (κ2) is 8.60. The van der Waals surface area contributed by atoms with E-state index >= 15 is 0 Å². The molecule has 0 saturated heterocycles. The summed E-state index contributed by atoms with van der Waals surface area (Å²) >= 11 is 0. The van der Waals surface area contributed by atoms with Crippen molar-refractivity contribution < 1.29 is 13.5 Å². The Balaban J connectivity index is 2.06. The molecule has 5 nitrogen and oxygen atoms in total. The van der Waals surface area contributed by atoms with Gasteiger partial charge in [0.05, 0.1) is 28.9 Å². The smallest absolute Gasteiger partial charge is 0.179 e. The molecular weight excluding hydrogens is 324 g/mol. The molecule has 2 rings (SSSR count). The largest absolute Gasteiger partial charge is 0.395 e. The molecule has 0 fully saturated rings. The quantitative estimate of drug-likeness (QED) is 0.790. The first-order valence-electron chi connectivity index (χ1n) is 7.65. The lowest BCUT2D eigenvalue weighted by Gasteiger charge is -2.21. The van der Waals surface area contributed by atoms with Gasteiger partial charge in [-0.25, -0.2) is 8.42 Å². The van der Waals surface area contributed by atoms with E-state index in [1.807, 2.05) is 41.3 Å². The van der Waals surface area contributed by atoms with Crippen LogP contribution in [0.25, 0.3) is 0 Å². The maximum absolute atomic E-state index is 12.5. The Morgan fingerprint density at radius 1 is 1.04 bits per heavy atom. The van der Waals surface area contributed by atoms with E-state index < -0.39 is 9.84 Å². The second-order valence-corrected chi connectivity index (χ2v) is 7.55. The molecule has 126 valence electrons.